The van der Waals surface area contributed by atoms with E-state index < -0.39 is 5.60 Å². The van der Waals surface area contributed by atoms with Crippen LogP contribution in [-0.2, 0) is 0 Å². The lowest BCUT2D eigenvalue weighted by molar-refractivity contribution is -0.00606. The molecule has 2 N–H and O–H groups in total. The van der Waals surface area contributed by atoms with Gasteiger partial charge in [-0.3, -0.25) is 4.98 Å². The van der Waals surface area contributed by atoms with Crippen LogP contribution in [0.5, 0.6) is 28.7 Å². The molecule has 0 saturated carbocycles. The summed E-state index contributed by atoms with van der Waals surface area (Å²) in [4.78, 5) is 6.94. The van der Waals surface area contributed by atoms with E-state index in [0.29, 0.717) is 42.8 Å². The van der Waals surface area contributed by atoms with Gasteiger partial charge >= 0.3 is 0 Å². The molecule has 0 spiro atoms. The van der Waals surface area contributed by atoms with E-state index in [2.05, 4.69) is 15.2 Å². The van der Waals surface area contributed by atoms with E-state index in [0.717, 1.165) is 61.2 Å². The van der Waals surface area contributed by atoms with Crippen LogP contribution in [0.25, 0.3) is 10.9 Å². The second kappa shape index (κ2) is 10.2. The van der Waals surface area contributed by atoms with Crippen molar-refractivity contribution in [1.29, 1.82) is 0 Å². The molecule has 2 aliphatic heterocycles. The van der Waals surface area contributed by atoms with E-state index in [9.17, 15) is 5.11 Å². The van der Waals surface area contributed by atoms with Gasteiger partial charge in [0.1, 0.15) is 24.7 Å². The molecule has 5 rings (SSSR count). The van der Waals surface area contributed by atoms with Gasteiger partial charge in [-0.15, -0.1) is 0 Å². The van der Waals surface area contributed by atoms with Crippen molar-refractivity contribution in [3.05, 3.63) is 42.6 Å². The van der Waals surface area contributed by atoms with Crippen molar-refractivity contribution < 1.29 is 24.1 Å². The number of ether oxygens (including phenoxy) is 4. The Balaban J connectivity index is 1.32. The lowest BCUT2D eigenvalue weighted by atomic mass is 9.94. The minimum Gasteiger partial charge on any atom is -0.489 e. The Morgan fingerprint density at radius 2 is 1.80 bits per heavy atom. The standard InChI is InChI=1S/C27H33N3O5/c1-27(31)9-13-30(14-10-27)12-3-15-32-23-18-21-24(26-25(23)33-16-17-34-26)22(8-11-29-21)35-20-6-4-19(28-2)5-7-20/h4-8,11,18,28,31H,3,9-10,12-17H2,1-2H3. The van der Waals surface area contributed by atoms with Crippen LogP contribution in [-0.4, -0.2) is 67.1 Å². The first-order valence-electron chi connectivity index (χ1n) is 12.3. The van der Waals surface area contributed by atoms with Gasteiger partial charge in [-0.2, -0.15) is 0 Å². The summed E-state index contributed by atoms with van der Waals surface area (Å²) in [5, 5.41) is 14.0. The van der Waals surface area contributed by atoms with E-state index in [1.807, 2.05) is 50.4 Å². The third kappa shape index (κ3) is 5.39. The second-order valence-corrected chi connectivity index (χ2v) is 9.35. The maximum Gasteiger partial charge on any atom is 0.204 e. The highest BCUT2D eigenvalue weighted by molar-refractivity contribution is 5.95. The molecule has 8 nitrogen and oxygen atoms in total. The average molecular weight is 480 g/mol. The number of pyridine rings is 1. The molecule has 1 aromatic heterocycles. The zero-order valence-corrected chi connectivity index (χ0v) is 20.4. The Morgan fingerprint density at radius 3 is 2.54 bits per heavy atom. The van der Waals surface area contributed by atoms with Crippen molar-refractivity contribution in [1.82, 2.24) is 9.88 Å². The first-order chi connectivity index (χ1) is 17.0. The molecular weight excluding hydrogens is 446 g/mol. The molecule has 1 fully saturated rings. The van der Waals surface area contributed by atoms with Crippen LogP contribution in [0.1, 0.15) is 26.2 Å². The summed E-state index contributed by atoms with van der Waals surface area (Å²) >= 11 is 0. The first kappa shape index (κ1) is 23.5. The van der Waals surface area contributed by atoms with Crippen LogP contribution in [0.15, 0.2) is 42.6 Å². The largest absolute Gasteiger partial charge is 0.489 e. The highest BCUT2D eigenvalue weighted by Crippen LogP contribution is 2.48. The van der Waals surface area contributed by atoms with Gasteiger partial charge in [0.25, 0.3) is 0 Å². The molecule has 0 unspecified atom stereocenters. The fourth-order valence-corrected chi connectivity index (χ4v) is 4.51. The monoisotopic (exact) mass is 479 g/mol. The quantitative estimate of drug-likeness (QED) is 0.458. The van der Waals surface area contributed by atoms with Gasteiger partial charge in [0, 0.05) is 44.6 Å². The Labute approximate surface area is 205 Å². The van der Waals surface area contributed by atoms with Crippen LogP contribution >= 0.6 is 0 Å². The van der Waals surface area contributed by atoms with Crippen LogP contribution in [0.3, 0.4) is 0 Å². The van der Waals surface area contributed by atoms with Gasteiger partial charge in [-0.1, -0.05) is 0 Å². The zero-order valence-electron chi connectivity index (χ0n) is 20.4. The second-order valence-electron chi connectivity index (χ2n) is 9.35. The summed E-state index contributed by atoms with van der Waals surface area (Å²) in [7, 11) is 1.88. The van der Waals surface area contributed by atoms with Crippen molar-refractivity contribution in [3.63, 3.8) is 0 Å². The first-order valence-corrected chi connectivity index (χ1v) is 12.3. The number of anilines is 1. The van der Waals surface area contributed by atoms with E-state index >= 15 is 0 Å². The molecule has 0 amide bonds. The maximum atomic E-state index is 10.1. The lowest BCUT2D eigenvalue weighted by Gasteiger charge is -2.35. The predicted octanol–water partition coefficient (Wildman–Crippen LogP) is 4.46. The Morgan fingerprint density at radius 1 is 1.06 bits per heavy atom. The number of hydrogen-bond acceptors (Lipinski definition) is 8. The molecule has 186 valence electrons. The summed E-state index contributed by atoms with van der Waals surface area (Å²) in [6.07, 6.45) is 4.24. The summed E-state index contributed by atoms with van der Waals surface area (Å²) in [6.45, 7) is 6.16. The molecule has 2 aromatic carbocycles. The number of nitrogens with zero attached hydrogens (tertiary/aromatic N) is 2. The van der Waals surface area contributed by atoms with Gasteiger partial charge in [-0.25, -0.2) is 0 Å². The SMILES string of the molecule is CNc1ccc(Oc2ccnc3cc(OCCCN4CCC(C)(O)CC4)c4c(c23)OCCO4)cc1. The number of hydrogen-bond donors (Lipinski definition) is 2. The lowest BCUT2D eigenvalue weighted by Crippen LogP contribution is -2.42. The molecule has 0 atom stereocenters. The fourth-order valence-electron chi connectivity index (χ4n) is 4.51. The van der Waals surface area contributed by atoms with E-state index in [-0.39, 0.29) is 0 Å². The molecule has 3 heterocycles. The van der Waals surface area contributed by atoms with Gasteiger partial charge in [0.05, 0.1) is 23.1 Å². The van der Waals surface area contributed by atoms with Crippen molar-refractivity contribution in [3.8, 4) is 28.7 Å². The van der Waals surface area contributed by atoms with Crippen LogP contribution < -0.4 is 24.3 Å². The smallest absolute Gasteiger partial charge is 0.204 e. The third-order valence-corrected chi connectivity index (χ3v) is 6.62. The minimum atomic E-state index is -0.528. The fraction of sp³-hybridized carbons (Fsp3) is 0.444. The number of piperidine rings is 1. The van der Waals surface area contributed by atoms with E-state index in [4.69, 9.17) is 18.9 Å². The number of aliphatic hydroxyl groups is 1. The van der Waals surface area contributed by atoms with Crippen molar-refractivity contribution in [2.75, 3.05) is 51.8 Å². The van der Waals surface area contributed by atoms with Crippen molar-refractivity contribution >= 4 is 16.6 Å². The van der Waals surface area contributed by atoms with Gasteiger partial charge in [0.2, 0.25) is 5.75 Å². The number of benzene rings is 2. The molecule has 0 bridgehead atoms. The normalized spacial score (nSPS) is 17.2. The van der Waals surface area contributed by atoms with Gasteiger partial charge in [0.15, 0.2) is 11.5 Å². The van der Waals surface area contributed by atoms with Crippen molar-refractivity contribution in [2.45, 2.75) is 31.8 Å². The molecule has 0 aliphatic carbocycles. The van der Waals surface area contributed by atoms with Gasteiger partial charge < -0.3 is 34.3 Å². The summed E-state index contributed by atoms with van der Waals surface area (Å²) in [5.41, 5.74) is 1.21. The Bertz CT molecular complexity index is 1160. The highest BCUT2D eigenvalue weighted by Gasteiger charge is 2.27. The van der Waals surface area contributed by atoms with Crippen molar-refractivity contribution in [2.24, 2.45) is 0 Å². The molecule has 3 aromatic rings. The van der Waals surface area contributed by atoms with Crippen LogP contribution in [0.2, 0.25) is 0 Å². The minimum absolute atomic E-state index is 0.454. The van der Waals surface area contributed by atoms with Crippen LogP contribution in [0, 0.1) is 0 Å². The summed E-state index contributed by atoms with van der Waals surface area (Å²) in [5.74, 6) is 3.22. The van der Waals surface area contributed by atoms with Crippen LogP contribution in [0.4, 0.5) is 5.69 Å². The average Bonchev–Trinajstić information content (AvgIpc) is 2.88. The maximum absolute atomic E-state index is 10.1. The molecule has 0 radical (unpaired) electrons. The van der Waals surface area contributed by atoms with E-state index in [1.54, 1.807) is 6.20 Å². The summed E-state index contributed by atoms with van der Waals surface area (Å²) < 4.78 is 24.4. The number of aromatic nitrogens is 1. The number of likely N-dealkylation sites (tertiary alicyclic amines) is 1. The summed E-state index contributed by atoms with van der Waals surface area (Å²) in [6, 6.07) is 11.5. The molecule has 35 heavy (non-hydrogen) atoms. The number of fused-ring (bicyclic) bond motifs is 3. The Kier molecular flexibility index (Phi) is 6.83. The third-order valence-electron chi connectivity index (χ3n) is 6.62. The topological polar surface area (TPSA) is 85.3 Å². The molecule has 2 aliphatic rings. The Hall–Kier alpha value is -3.23. The van der Waals surface area contributed by atoms with Gasteiger partial charge in [-0.05, 0) is 56.5 Å². The number of rotatable bonds is 8. The highest BCUT2D eigenvalue weighted by atomic mass is 16.6. The number of nitrogens with one attached hydrogen (secondary N) is 1. The van der Waals surface area contributed by atoms with E-state index in [1.165, 1.54) is 0 Å². The molecular formula is C27H33N3O5. The molecule has 8 heteroatoms. The zero-order chi connectivity index (χ0) is 24.3. The molecule has 1 saturated heterocycles. The predicted molar refractivity (Wildman–Crippen MR) is 135 cm³/mol.